The summed E-state index contributed by atoms with van der Waals surface area (Å²) < 4.78 is 8.23. The Hall–Kier alpha value is -3.84. The summed E-state index contributed by atoms with van der Waals surface area (Å²) in [6.45, 7) is 6.24. The number of benzene rings is 3. The highest BCUT2D eigenvalue weighted by molar-refractivity contribution is 7.80. The number of halogens is 2. The molecule has 5 nitrogen and oxygen atoms in total. The van der Waals surface area contributed by atoms with E-state index < -0.39 is 0 Å². The topological polar surface area (TPSA) is 42.3 Å². The molecule has 5 aromatic rings. The number of anilines is 1. The number of hydrogen-bond acceptors (Lipinski definition) is 3. The van der Waals surface area contributed by atoms with Crippen LogP contribution in [0.5, 0.6) is 11.5 Å². The minimum absolute atomic E-state index is 0.167. The molecule has 6 rings (SSSR count). The molecule has 41 heavy (non-hydrogen) atoms. The van der Waals surface area contributed by atoms with Gasteiger partial charge in [0.1, 0.15) is 11.5 Å². The first-order valence-electron chi connectivity index (χ1n) is 13.3. The normalized spacial score (nSPS) is 16.6. The summed E-state index contributed by atoms with van der Waals surface area (Å²) >= 11 is 19.0. The zero-order valence-corrected chi connectivity index (χ0v) is 25.1. The van der Waals surface area contributed by atoms with Crippen LogP contribution in [0, 0.1) is 20.8 Å². The summed E-state index contributed by atoms with van der Waals surface area (Å²) in [6, 6.07) is 29.5. The SMILES string of the molecule is Cc1ccc(Oc2ccc(N3C(=S)N[C@@H](c4ccccn4)[C@@H]3c3cc(C)n(-c4cccc(Cl)c4Cl)c3C)cc2)cc1. The summed E-state index contributed by atoms with van der Waals surface area (Å²) in [5.74, 6) is 1.55. The van der Waals surface area contributed by atoms with E-state index in [9.17, 15) is 0 Å². The molecule has 1 aliphatic heterocycles. The van der Waals surface area contributed by atoms with Crippen molar-refractivity contribution in [2.75, 3.05) is 4.90 Å². The van der Waals surface area contributed by atoms with Gasteiger partial charge in [0.2, 0.25) is 0 Å². The summed E-state index contributed by atoms with van der Waals surface area (Å²) in [5, 5.41) is 5.21. The van der Waals surface area contributed by atoms with Gasteiger partial charge < -0.3 is 19.5 Å². The molecular formula is C33H28Cl2N4OS. The van der Waals surface area contributed by atoms with Crippen LogP contribution in [0.2, 0.25) is 10.0 Å². The van der Waals surface area contributed by atoms with E-state index in [0.717, 1.165) is 45.5 Å². The van der Waals surface area contributed by atoms with Crippen molar-refractivity contribution in [1.29, 1.82) is 0 Å². The summed E-state index contributed by atoms with van der Waals surface area (Å²) in [7, 11) is 0. The molecular weight excluding hydrogens is 571 g/mol. The van der Waals surface area contributed by atoms with Gasteiger partial charge >= 0.3 is 0 Å². The Balaban J connectivity index is 1.42. The number of ether oxygens (including phenoxy) is 1. The van der Waals surface area contributed by atoms with Crippen LogP contribution in [0.4, 0.5) is 5.69 Å². The zero-order valence-electron chi connectivity index (χ0n) is 22.8. The fourth-order valence-electron chi connectivity index (χ4n) is 5.49. The van der Waals surface area contributed by atoms with E-state index >= 15 is 0 Å². The van der Waals surface area contributed by atoms with E-state index in [1.807, 2.05) is 85.1 Å². The summed E-state index contributed by atoms with van der Waals surface area (Å²) in [6.07, 6.45) is 1.81. The highest BCUT2D eigenvalue weighted by Crippen LogP contribution is 2.44. The van der Waals surface area contributed by atoms with Crippen molar-refractivity contribution in [3.63, 3.8) is 0 Å². The summed E-state index contributed by atoms with van der Waals surface area (Å²) in [4.78, 5) is 6.86. The van der Waals surface area contributed by atoms with Crippen LogP contribution in [0.1, 0.15) is 40.3 Å². The van der Waals surface area contributed by atoms with E-state index in [0.29, 0.717) is 15.2 Å². The molecule has 0 saturated carbocycles. The molecule has 0 amide bonds. The predicted octanol–water partition coefficient (Wildman–Crippen LogP) is 9.07. The maximum absolute atomic E-state index is 6.68. The van der Waals surface area contributed by atoms with Crippen molar-refractivity contribution < 1.29 is 4.74 Å². The molecule has 0 radical (unpaired) electrons. The molecule has 206 valence electrons. The molecule has 3 heterocycles. The van der Waals surface area contributed by atoms with Gasteiger partial charge in [-0.25, -0.2) is 0 Å². The highest BCUT2D eigenvalue weighted by atomic mass is 35.5. The fourth-order valence-corrected chi connectivity index (χ4v) is 6.22. The third-order valence-corrected chi connectivity index (χ3v) is 8.55. The van der Waals surface area contributed by atoms with Crippen LogP contribution in [0.25, 0.3) is 5.69 Å². The fraction of sp³-hybridized carbons (Fsp3) is 0.152. The van der Waals surface area contributed by atoms with Gasteiger partial charge in [-0.3, -0.25) is 4.98 Å². The van der Waals surface area contributed by atoms with E-state index in [-0.39, 0.29) is 12.1 Å². The van der Waals surface area contributed by atoms with Crippen LogP contribution in [-0.2, 0) is 0 Å². The molecule has 0 unspecified atom stereocenters. The number of aromatic nitrogens is 2. The van der Waals surface area contributed by atoms with Crippen molar-refractivity contribution in [1.82, 2.24) is 14.9 Å². The molecule has 3 aromatic carbocycles. The Morgan fingerprint density at radius 3 is 2.24 bits per heavy atom. The Morgan fingerprint density at radius 1 is 0.854 bits per heavy atom. The third kappa shape index (κ3) is 5.19. The highest BCUT2D eigenvalue weighted by Gasteiger charge is 2.42. The molecule has 0 spiro atoms. The number of nitrogens with zero attached hydrogens (tertiary/aromatic N) is 3. The van der Waals surface area contributed by atoms with Crippen molar-refractivity contribution in [3.8, 4) is 17.2 Å². The van der Waals surface area contributed by atoms with E-state index in [1.165, 1.54) is 5.56 Å². The number of nitrogens with one attached hydrogen (secondary N) is 1. The van der Waals surface area contributed by atoms with E-state index in [1.54, 1.807) is 6.07 Å². The average molecular weight is 600 g/mol. The standard InChI is InChI=1S/C33H28Cl2N4OS/c1-20-10-14-24(15-11-20)40-25-16-12-23(13-17-25)39-32(31(37-33(39)41)28-8-4-5-18-36-28)26-19-21(2)38(22(26)3)29-9-6-7-27(34)30(29)35/h4-19,31-32H,1-3H3,(H,37,41)/t31-,32-/m0/s1. The number of thiocarbonyl (C=S) groups is 1. The summed E-state index contributed by atoms with van der Waals surface area (Å²) in [5.41, 5.74) is 7.09. The largest absolute Gasteiger partial charge is 0.457 e. The lowest BCUT2D eigenvalue weighted by Gasteiger charge is -2.28. The number of hydrogen-bond donors (Lipinski definition) is 1. The Kier molecular flexibility index (Phi) is 7.47. The van der Waals surface area contributed by atoms with Crippen LogP contribution in [0.15, 0.2) is 97.2 Å². The lowest BCUT2D eigenvalue weighted by molar-refractivity contribution is 0.482. The maximum Gasteiger partial charge on any atom is 0.174 e. The van der Waals surface area contributed by atoms with E-state index in [4.69, 9.17) is 45.1 Å². The molecule has 1 aliphatic rings. The first-order valence-corrected chi connectivity index (χ1v) is 14.5. The van der Waals surface area contributed by atoms with Gasteiger partial charge in [-0.05, 0) is 105 Å². The minimum atomic E-state index is -0.170. The van der Waals surface area contributed by atoms with Crippen molar-refractivity contribution in [2.24, 2.45) is 0 Å². The zero-order chi connectivity index (χ0) is 28.7. The Morgan fingerprint density at radius 2 is 1.56 bits per heavy atom. The molecule has 1 N–H and O–H groups in total. The smallest absolute Gasteiger partial charge is 0.174 e. The Bertz CT molecular complexity index is 1720. The van der Waals surface area contributed by atoms with Crippen LogP contribution in [0.3, 0.4) is 0 Å². The molecule has 0 bridgehead atoms. The molecule has 1 fully saturated rings. The van der Waals surface area contributed by atoms with Gasteiger partial charge in [0, 0.05) is 23.3 Å². The second kappa shape index (κ2) is 11.2. The lowest BCUT2D eigenvalue weighted by atomic mass is 9.96. The van der Waals surface area contributed by atoms with Crippen LogP contribution >= 0.6 is 35.4 Å². The molecule has 1 saturated heterocycles. The Labute approximate surface area is 255 Å². The number of aryl methyl sites for hydroxylation is 2. The minimum Gasteiger partial charge on any atom is -0.457 e. The van der Waals surface area contributed by atoms with Crippen LogP contribution in [-0.4, -0.2) is 14.7 Å². The van der Waals surface area contributed by atoms with Gasteiger partial charge in [-0.2, -0.15) is 0 Å². The van der Waals surface area contributed by atoms with Crippen LogP contribution < -0.4 is 15.0 Å². The second-order valence-corrected chi connectivity index (χ2v) is 11.3. The maximum atomic E-state index is 6.68. The number of pyridine rings is 1. The average Bonchev–Trinajstić information content (AvgIpc) is 3.47. The van der Waals surface area contributed by atoms with Crippen molar-refractivity contribution >= 4 is 46.2 Å². The van der Waals surface area contributed by atoms with Gasteiger partial charge in [-0.15, -0.1) is 0 Å². The van der Waals surface area contributed by atoms with Crippen molar-refractivity contribution in [2.45, 2.75) is 32.9 Å². The van der Waals surface area contributed by atoms with Gasteiger partial charge in [0.05, 0.1) is 33.5 Å². The number of rotatable bonds is 6. The molecule has 2 aromatic heterocycles. The molecule has 8 heteroatoms. The van der Waals surface area contributed by atoms with E-state index in [2.05, 4.69) is 41.6 Å². The lowest BCUT2D eigenvalue weighted by Crippen LogP contribution is -2.29. The van der Waals surface area contributed by atoms with Crippen molar-refractivity contribution in [3.05, 3.63) is 135 Å². The van der Waals surface area contributed by atoms with Gasteiger partial charge in [0.15, 0.2) is 5.11 Å². The predicted molar refractivity (Wildman–Crippen MR) is 171 cm³/mol. The first-order chi connectivity index (χ1) is 19.8. The molecule has 0 aliphatic carbocycles. The van der Waals surface area contributed by atoms with Gasteiger partial charge in [-0.1, -0.05) is 53.0 Å². The first kappa shape index (κ1) is 27.3. The molecule has 2 atom stereocenters. The third-order valence-electron chi connectivity index (χ3n) is 7.43. The van der Waals surface area contributed by atoms with Gasteiger partial charge in [0.25, 0.3) is 0 Å². The quantitative estimate of drug-likeness (QED) is 0.197. The second-order valence-electron chi connectivity index (χ2n) is 10.1. The monoisotopic (exact) mass is 598 g/mol.